The van der Waals surface area contributed by atoms with Gasteiger partial charge in [-0.05, 0) is 44.2 Å². The molecule has 0 amide bonds. The van der Waals surface area contributed by atoms with Gasteiger partial charge in [0.15, 0.2) is 5.65 Å². The SMILES string of the molecule is CC(C)n1ncc2cc(CNC(CO)C3CCCC3)cnc21. The molecule has 1 atom stereocenters. The minimum absolute atomic E-state index is 0.205. The van der Waals surface area contributed by atoms with Gasteiger partial charge >= 0.3 is 0 Å². The van der Waals surface area contributed by atoms with E-state index in [1.807, 2.05) is 17.1 Å². The monoisotopic (exact) mass is 302 g/mol. The number of hydrogen-bond acceptors (Lipinski definition) is 4. The molecule has 0 aromatic carbocycles. The molecule has 2 aromatic rings. The maximum absolute atomic E-state index is 9.61. The molecule has 5 heteroatoms. The van der Waals surface area contributed by atoms with E-state index in [-0.39, 0.29) is 12.6 Å². The Labute approximate surface area is 131 Å². The Hall–Kier alpha value is -1.46. The molecule has 0 spiro atoms. The van der Waals surface area contributed by atoms with Crippen LogP contribution in [0.3, 0.4) is 0 Å². The Kier molecular flexibility index (Phi) is 4.74. The minimum atomic E-state index is 0.205. The summed E-state index contributed by atoms with van der Waals surface area (Å²) in [7, 11) is 0. The molecule has 5 nitrogen and oxygen atoms in total. The van der Waals surface area contributed by atoms with Gasteiger partial charge < -0.3 is 10.4 Å². The molecule has 120 valence electrons. The Balaban J connectivity index is 1.68. The fourth-order valence-corrected chi connectivity index (χ4v) is 3.45. The summed E-state index contributed by atoms with van der Waals surface area (Å²) in [5, 5.41) is 18.6. The van der Waals surface area contributed by atoms with Crippen LogP contribution in [0.4, 0.5) is 0 Å². The predicted molar refractivity (Wildman–Crippen MR) is 87.6 cm³/mol. The molecule has 1 fully saturated rings. The van der Waals surface area contributed by atoms with Crippen molar-refractivity contribution in [3.05, 3.63) is 24.0 Å². The maximum Gasteiger partial charge on any atom is 0.157 e. The third kappa shape index (κ3) is 3.15. The van der Waals surface area contributed by atoms with Gasteiger partial charge in [0.2, 0.25) is 0 Å². The lowest BCUT2D eigenvalue weighted by Gasteiger charge is -2.22. The van der Waals surface area contributed by atoms with Crippen LogP contribution < -0.4 is 5.32 Å². The summed E-state index contributed by atoms with van der Waals surface area (Å²) < 4.78 is 1.95. The van der Waals surface area contributed by atoms with Crippen LogP contribution in [-0.2, 0) is 6.54 Å². The number of aromatic nitrogens is 3. The number of hydrogen-bond donors (Lipinski definition) is 2. The first-order chi connectivity index (χ1) is 10.7. The molecule has 0 radical (unpaired) electrons. The lowest BCUT2D eigenvalue weighted by Crippen LogP contribution is -2.37. The lowest BCUT2D eigenvalue weighted by molar-refractivity contribution is 0.198. The number of fused-ring (bicyclic) bond motifs is 1. The summed E-state index contributed by atoms with van der Waals surface area (Å²) in [5.41, 5.74) is 2.08. The molecule has 1 aliphatic carbocycles. The van der Waals surface area contributed by atoms with Crippen LogP contribution in [0, 0.1) is 5.92 Å². The number of aliphatic hydroxyl groups excluding tert-OH is 1. The molecule has 1 aliphatic rings. The van der Waals surface area contributed by atoms with E-state index < -0.39 is 0 Å². The first kappa shape index (κ1) is 15.4. The van der Waals surface area contributed by atoms with Crippen molar-refractivity contribution in [2.45, 2.75) is 58.2 Å². The van der Waals surface area contributed by atoms with E-state index in [0.29, 0.717) is 12.0 Å². The van der Waals surface area contributed by atoms with Crippen LogP contribution in [0.5, 0.6) is 0 Å². The van der Waals surface area contributed by atoms with Gasteiger partial charge in [0, 0.05) is 30.2 Å². The van der Waals surface area contributed by atoms with Crippen molar-refractivity contribution in [2.24, 2.45) is 5.92 Å². The lowest BCUT2D eigenvalue weighted by atomic mass is 9.98. The van der Waals surface area contributed by atoms with E-state index in [4.69, 9.17) is 0 Å². The zero-order valence-electron chi connectivity index (χ0n) is 13.5. The van der Waals surface area contributed by atoms with Crippen molar-refractivity contribution < 1.29 is 5.11 Å². The summed E-state index contributed by atoms with van der Waals surface area (Å²) >= 11 is 0. The fraction of sp³-hybridized carbons (Fsp3) is 0.647. The minimum Gasteiger partial charge on any atom is -0.395 e. The molecular formula is C17H26N4O. The Bertz CT molecular complexity index is 616. The number of pyridine rings is 1. The quantitative estimate of drug-likeness (QED) is 0.861. The van der Waals surface area contributed by atoms with Gasteiger partial charge in [-0.1, -0.05) is 12.8 Å². The van der Waals surface area contributed by atoms with Crippen molar-refractivity contribution in [1.29, 1.82) is 0 Å². The molecule has 3 rings (SSSR count). The summed E-state index contributed by atoms with van der Waals surface area (Å²) in [5.74, 6) is 0.616. The van der Waals surface area contributed by atoms with Crippen molar-refractivity contribution >= 4 is 11.0 Å². The predicted octanol–water partition coefficient (Wildman–Crippen LogP) is 2.65. The van der Waals surface area contributed by atoms with Crippen LogP contribution in [0.15, 0.2) is 18.5 Å². The molecule has 0 aliphatic heterocycles. The van der Waals surface area contributed by atoms with E-state index in [9.17, 15) is 5.11 Å². The maximum atomic E-state index is 9.61. The highest BCUT2D eigenvalue weighted by molar-refractivity contribution is 5.75. The van der Waals surface area contributed by atoms with Gasteiger partial charge in [0.25, 0.3) is 0 Å². The summed E-state index contributed by atoms with van der Waals surface area (Å²) in [4.78, 5) is 4.56. The standard InChI is InChI=1S/C17H26N4O/c1-12(2)21-17-15(10-20-21)7-13(9-19-17)8-18-16(11-22)14-5-3-4-6-14/h7,9-10,12,14,16,18,22H,3-6,8,11H2,1-2H3. The normalized spacial score (nSPS) is 17.6. The number of rotatable bonds is 6. The zero-order valence-corrected chi connectivity index (χ0v) is 13.5. The van der Waals surface area contributed by atoms with E-state index in [2.05, 4.69) is 35.3 Å². The van der Waals surface area contributed by atoms with Crippen LogP contribution in [0.1, 0.15) is 51.1 Å². The number of nitrogens with one attached hydrogen (secondary N) is 1. The van der Waals surface area contributed by atoms with E-state index in [0.717, 1.165) is 23.1 Å². The van der Waals surface area contributed by atoms with Crippen molar-refractivity contribution in [2.75, 3.05) is 6.61 Å². The fourth-order valence-electron chi connectivity index (χ4n) is 3.45. The average Bonchev–Trinajstić information content (AvgIpc) is 3.16. The Morgan fingerprint density at radius 2 is 2.09 bits per heavy atom. The van der Waals surface area contributed by atoms with Crippen molar-refractivity contribution in [3.8, 4) is 0 Å². The molecule has 22 heavy (non-hydrogen) atoms. The van der Waals surface area contributed by atoms with E-state index >= 15 is 0 Å². The highest BCUT2D eigenvalue weighted by Gasteiger charge is 2.23. The molecule has 2 aromatic heterocycles. The van der Waals surface area contributed by atoms with Crippen LogP contribution in [-0.4, -0.2) is 32.5 Å². The third-order valence-corrected chi connectivity index (χ3v) is 4.71. The second-order valence-corrected chi connectivity index (χ2v) is 6.65. The Morgan fingerprint density at radius 3 is 2.77 bits per heavy atom. The van der Waals surface area contributed by atoms with Gasteiger partial charge in [-0.25, -0.2) is 9.67 Å². The molecule has 0 saturated heterocycles. The molecule has 1 unspecified atom stereocenters. The van der Waals surface area contributed by atoms with Crippen LogP contribution >= 0.6 is 0 Å². The summed E-state index contributed by atoms with van der Waals surface area (Å²) in [6.45, 7) is 5.18. The topological polar surface area (TPSA) is 63.0 Å². The smallest absolute Gasteiger partial charge is 0.157 e. The summed E-state index contributed by atoms with van der Waals surface area (Å²) in [6, 6.07) is 2.66. The Morgan fingerprint density at radius 1 is 1.32 bits per heavy atom. The molecule has 0 bridgehead atoms. The molecule has 2 N–H and O–H groups in total. The first-order valence-corrected chi connectivity index (χ1v) is 8.35. The number of nitrogens with zero attached hydrogens (tertiary/aromatic N) is 3. The highest BCUT2D eigenvalue weighted by atomic mass is 16.3. The van der Waals surface area contributed by atoms with E-state index in [1.54, 1.807) is 0 Å². The molecular weight excluding hydrogens is 276 g/mol. The molecule has 1 saturated carbocycles. The van der Waals surface area contributed by atoms with E-state index in [1.165, 1.54) is 25.7 Å². The molecule has 2 heterocycles. The van der Waals surface area contributed by atoms with Crippen LogP contribution in [0.25, 0.3) is 11.0 Å². The second-order valence-electron chi connectivity index (χ2n) is 6.65. The average molecular weight is 302 g/mol. The second kappa shape index (κ2) is 6.75. The largest absolute Gasteiger partial charge is 0.395 e. The van der Waals surface area contributed by atoms with Crippen molar-refractivity contribution in [1.82, 2.24) is 20.1 Å². The summed E-state index contributed by atoms with van der Waals surface area (Å²) in [6.07, 6.45) is 8.86. The van der Waals surface area contributed by atoms with Gasteiger partial charge in [0.1, 0.15) is 0 Å². The van der Waals surface area contributed by atoms with Crippen LogP contribution in [0.2, 0.25) is 0 Å². The zero-order chi connectivity index (χ0) is 15.5. The highest BCUT2D eigenvalue weighted by Crippen LogP contribution is 2.27. The number of aliphatic hydroxyl groups is 1. The van der Waals surface area contributed by atoms with Gasteiger partial charge in [-0.2, -0.15) is 5.10 Å². The third-order valence-electron chi connectivity index (χ3n) is 4.71. The van der Waals surface area contributed by atoms with Gasteiger partial charge in [-0.15, -0.1) is 0 Å². The van der Waals surface area contributed by atoms with Gasteiger partial charge in [-0.3, -0.25) is 0 Å². The van der Waals surface area contributed by atoms with Crippen molar-refractivity contribution in [3.63, 3.8) is 0 Å². The van der Waals surface area contributed by atoms with Gasteiger partial charge in [0.05, 0.1) is 12.8 Å². The first-order valence-electron chi connectivity index (χ1n) is 8.35.